The van der Waals surface area contributed by atoms with Crippen LogP contribution in [0.4, 0.5) is 0 Å². The van der Waals surface area contributed by atoms with E-state index in [0.717, 1.165) is 0 Å². The lowest BCUT2D eigenvalue weighted by molar-refractivity contribution is 0.368. The fourth-order valence-electron chi connectivity index (χ4n) is 2.31. The molecule has 9 heteroatoms. The van der Waals surface area contributed by atoms with Crippen LogP contribution in [0.3, 0.4) is 0 Å². The number of primary sulfonamides is 1. The molecule has 3 aromatic rings. The van der Waals surface area contributed by atoms with Gasteiger partial charge in [-0.15, -0.1) is 0 Å². The van der Waals surface area contributed by atoms with E-state index in [1.165, 1.54) is 19.2 Å². The van der Waals surface area contributed by atoms with Gasteiger partial charge in [0.05, 0.1) is 17.7 Å². The first-order chi connectivity index (χ1) is 12.4. The third-order valence-electron chi connectivity index (χ3n) is 3.41. The molecule has 0 spiro atoms. The minimum Gasteiger partial charge on any atom is -0.493 e. The Balaban J connectivity index is 2.08. The Hall–Kier alpha value is -2.68. The summed E-state index contributed by atoms with van der Waals surface area (Å²) in [6.45, 7) is 0. The molecule has 0 fully saturated rings. The number of nitrogens with two attached hydrogens (primary N) is 1. The number of aromatic nitrogens is 2. The summed E-state index contributed by atoms with van der Waals surface area (Å²) in [5, 5.41) is 5.37. The maximum Gasteiger partial charge on any atom is 0.324 e. The van der Waals surface area contributed by atoms with Crippen LogP contribution < -0.4 is 14.6 Å². The molecule has 0 saturated heterocycles. The maximum absolute atomic E-state index is 11.8. The third-order valence-corrected chi connectivity index (χ3v) is 4.58. The number of rotatable bonds is 5. The summed E-state index contributed by atoms with van der Waals surface area (Å²) >= 11 is 6.06. The monoisotopic (exact) mass is 391 g/mol. The number of halogens is 1. The topological polar surface area (TPSA) is 104 Å². The highest BCUT2D eigenvalue weighted by molar-refractivity contribution is 7.89. The molecule has 0 aliphatic heterocycles. The molecule has 2 N–H and O–H groups in total. The van der Waals surface area contributed by atoms with Crippen LogP contribution in [-0.2, 0) is 10.0 Å². The van der Waals surface area contributed by atoms with Crippen molar-refractivity contribution in [2.75, 3.05) is 7.11 Å². The Kier molecular flexibility index (Phi) is 5.08. The molecule has 2 aromatic carbocycles. The van der Waals surface area contributed by atoms with Crippen molar-refractivity contribution in [1.29, 1.82) is 0 Å². The predicted molar refractivity (Wildman–Crippen MR) is 96.9 cm³/mol. The van der Waals surface area contributed by atoms with E-state index in [4.69, 9.17) is 26.2 Å². The number of ether oxygens (including phenoxy) is 2. The van der Waals surface area contributed by atoms with E-state index < -0.39 is 10.0 Å². The van der Waals surface area contributed by atoms with Gasteiger partial charge in [0.15, 0.2) is 11.5 Å². The SMILES string of the molecule is COc1ccccc1Oc1nc(Cl)cc(-c2ccccc2S(N)(=O)=O)n1. The standard InChI is InChI=1S/C17H14ClN3O4S/c1-24-13-7-3-4-8-14(13)25-17-20-12(10-16(18)21-17)11-6-2-5-9-15(11)26(19,22)23/h2-10H,1H3,(H2,19,22,23). The van der Waals surface area contributed by atoms with Crippen LogP contribution in [0.5, 0.6) is 17.5 Å². The van der Waals surface area contributed by atoms with Gasteiger partial charge in [-0.25, -0.2) is 13.6 Å². The van der Waals surface area contributed by atoms with E-state index >= 15 is 0 Å². The second kappa shape index (κ2) is 7.28. The summed E-state index contributed by atoms with van der Waals surface area (Å²) < 4.78 is 34.5. The predicted octanol–water partition coefficient (Wildman–Crippen LogP) is 3.25. The minimum atomic E-state index is -3.94. The Morgan fingerprint density at radius 3 is 2.35 bits per heavy atom. The molecular weight excluding hydrogens is 378 g/mol. The zero-order valence-electron chi connectivity index (χ0n) is 13.6. The highest BCUT2D eigenvalue weighted by Crippen LogP contribution is 2.32. The number of para-hydroxylation sites is 2. The average Bonchev–Trinajstić information content (AvgIpc) is 2.61. The molecule has 0 bridgehead atoms. The summed E-state index contributed by atoms with van der Waals surface area (Å²) in [5.41, 5.74) is 0.559. The van der Waals surface area contributed by atoms with Crippen LogP contribution in [-0.4, -0.2) is 25.5 Å². The molecule has 0 saturated carbocycles. The first kappa shape index (κ1) is 18.1. The van der Waals surface area contributed by atoms with E-state index in [1.54, 1.807) is 42.5 Å². The fraction of sp³-hybridized carbons (Fsp3) is 0.0588. The summed E-state index contributed by atoms with van der Waals surface area (Å²) in [6, 6.07) is 14.5. The van der Waals surface area contributed by atoms with Gasteiger partial charge in [0, 0.05) is 11.6 Å². The summed E-state index contributed by atoms with van der Waals surface area (Å²) in [6.07, 6.45) is 0. The Labute approximate surface area is 155 Å². The molecule has 26 heavy (non-hydrogen) atoms. The smallest absolute Gasteiger partial charge is 0.324 e. The number of benzene rings is 2. The van der Waals surface area contributed by atoms with Crippen molar-refractivity contribution in [3.05, 3.63) is 59.8 Å². The van der Waals surface area contributed by atoms with Gasteiger partial charge in [-0.2, -0.15) is 9.97 Å². The van der Waals surface area contributed by atoms with Crippen molar-refractivity contribution < 1.29 is 17.9 Å². The van der Waals surface area contributed by atoms with Gasteiger partial charge in [0.2, 0.25) is 10.0 Å². The van der Waals surface area contributed by atoms with Gasteiger partial charge in [-0.05, 0) is 18.2 Å². The molecule has 0 aliphatic carbocycles. The molecule has 0 aliphatic rings. The lowest BCUT2D eigenvalue weighted by Gasteiger charge is -2.11. The lowest BCUT2D eigenvalue weighted by Crippen LogP contribution is -2.13. The molecule has 0 amide bonds. The Bertz CT molecular complexity index is 1060. The van der Waals surface area contributed by atoms with Crippen LogP contribution in [0.15, 0.2) is 59.5 Å². The molecule has 3 rings (SSSR count). The average molecular weight is 392 g/mol. The van der Waals surface area contributed by atoms with Gasteiger partial charge >= 0.3 is 6.01 Å². The van der Waals surface area contributed by atoms with E-state index in [-0.39, 0.29) is 21.8 Å². The fourth-order valence-corrected chi connectivity index (χ4v) is 3.23. The van der Waals surface area contributed by atoms with Crippen molar-refractivity contribution in [1.82, 2.24) is 9.97 Å². The first-order valence-corrected chi connectivity index (χ1v) is 9.28. The molecule has 0 radical (unpaired) electrons. The number of sulfonamides is 1. The van der Waals surface area contributed by atoms with E-state index in [0.29, 0.717) is 17.1 Å². The van der Waals surface area contributed by atoms with Crippen LogP contribution in [0.2, 0.25) is 5.15 Å². The van der Waals surface area contributed by atoms with Gasteiger partial charge < -0.3 is 9.47 Å². The van der Waals surface area contributed by atoms with Crippen molar-refractivity contribution in [2.24, 2.45) is 5.14 Å². The molecule has 0 unspecified atom stereocenters. The maximum atomic E-state index is 11.8. The first-order valence-electron chi connectivity index (χ1n) is 7.36. The lowest BCUT2D eigenvalue weighted by atomic mass is 10.1. The number of nitrogens with zero attached hydrogens (tertiary/aromatic N) is 2. The van der Waals surface area contributed by atoms with Gasteiger partial charge in [0.25, 0.3) is 0 Å². The summed E-state index contributed by atoms with van der Waals surface area (Å²) in [4.78, 5) is 8.20. The number of hydrogen-bond acceptors (Lipinski definition) is 6. The van der Waals surface area contributed by atoms with Crippen LogP contribution in [0, 0.1) is 0 Å². The highest BCUT2D eigenvalue weighted by atomic mass is 35.5. The minimum absolute atomic E-state index is 0.0544. The van der Waals surface area contributed by atoms with Gasteiger partial charge in [-0.3, -0.25) is 0 Å². The van der Waals surface area contributed by atoms with Crippen LogP contribution in [0.25, 0.3) is 11.3 Å². The number of hydrogen-bond donors (Lipinski definition) is 1. The Morgan fingerprint density at radius 2 is 1.65 bits per heavy atom. The van der Waals surface area contributed by atoms with Crippen molar-refractivity contribution >= 4 is 21.6 Å². The van der Waals surface area contributed by atoms with Crippen LogP contribution in [0.1, 0.15) is 0 Å². The number of methoxy groups -OCH3 is 1. The molecule has 134 valence electrons. The van der Waals surface area contributed by atoms with Gasteiger partial charge in [0.1, 0.15) is 5.15 Å². The van der Waals surface area contributed by atoms with E-state index in [1.807, 2.05) is 0 Å². The van der Waals surface area contributed by atoms with Crippen molar-refractivity contribution in [3.8, 4) is 28.8 Å². The molecule has 1 heterocycles. The van der Waals surface area contributed by atoms with E-state index in [9.17, 15) is 8.42 Å². The molecule has 1 aromatic heterocycles. The zero-order chi connectivity index (χ0) is 18.7. The second-order valence-corrected chi connectivity index (χ2v) is 7.07. The summed E-state index contributed by atoms with van der Waals surface area (Å²) in [5.74, 6) is 0.880. The highest BCUT2D eigenvalue weighted by Gasteiger charge is 2.17. The normalized spacial score (nSPS) is 11.2. The largest absolute Gasteiger partial charge is 0.493 e. The zero-order valence-corrected chi connectivity index (χ0v) is 15.2. The molecule has 0 atom stereocenters. The third kappa shape index (κ3) is 3.93. The van der Waals surface area contributed by atoms with Crippen LogP contribution >= 0.6 is 11.6 Å². The van der Waals surface area contributed by atoms with Crippen molar-refractivity contribution in [3.63, 3.8) is 0 Å². The quantitative estimate of drug-likeness (QED) is 0.669. The summed E-state index contributed by atoms with van der Waals surface area (Å²) in [7, 11) is -2.43. The van der Waals surface area contributed by atoms with E-state index in [2.05, 4.69) is 9.97 Å². The second-order valence-electron chi connectivity index (χ2n) is 5.15. The molecule has 7 nitrogen and oxygen atoms in total. The van der Waals surface area contributed by atoms with Crippen molar-refractivity contribution in [2.45, 2.75) is 4.90 Å². The molecular formula is C17H14ClN3O4S. The Morgan fingerprint density at radius 1 is 1.00 bits per heavy atom. The van der Waals surface area contributed by atoms with Gasteiger partial charge in [-0.1, -0.05) is 41.9 Å².